The van der Waals surface area contributed by atoms with Gasteiger partial charge in [0, 0.05) is 23.5 Å². The first-order valence-corrected chi connectivity index (χ1v) is 9.50. The van der Waals surface area contributed by atoms with E-state index in [1.165, 1.54) is 12.1 Å². The molecule has 1 N–H and O–H groups in total. The molecule has 7 nitrogen and oxygen atoms in total. The monoisotopic (exact) mass is 404 g/mol. The summed E-state index contributed by atoms with van der Waals surface area (Å²) in [6.45, 7) is 5.67. The van der Waals surface area contributed by atoms with Crippen LogP contribution in [0.2, 0.25) is 0 Å². The van der Waals surface area contributed by atoms with Gasteiger partial charge in [0.2, 0.25) is 5.91 Å². The number of nitrogens with zero attached hydrogens (tertiary/aromatic N) is 5. The molecule has 0 bridgehead atoms. The summed E-state index contributed by atoms with van der Waals surface area (Å²) < 4.78 is 16.5. The zero-order valence-electron chi connectivity index (χ0n) is 16.9. The number of amides is 1. The third-order valence-corrected chi connectivity index (χ3v) is 4.77. The molecule has 4 aromatic rings. The van der Waals surface area contributed by atoms with Crippen LogP contribution in [0.1, 0.15) is 17.1 Å². The summed E-state index contributed by atoms with van der Waals surface area (Å²) in [5, 5.41) is 11.8. The fourth-order valence-corrected chi connectivity index (χ4v) is 3.45. The molecule has 3 aromatic heterocycles. The van der Waals surface area contributed by atoms with E-state index in [0.717, 1.165) is 28.2 Å². The van der Waals surface area contributed by atoms with Crippen molar-refractivity contribution in [2.24, 2.45) is 0 Å². The van der Waals surface area contributed by atoms with Gasteiger partial charge in [-0.3, -0.25) is 9.48 Å². The number of nitrogens with one attached hydrogen (secondary N) is 1. The second kappa shape index (κ2) is 7.90. The van der Waals surface area contributed by atoms with Crippen molar-refractivity contribution in [3.8, 4) is 16.9 Å². The van der Waals surface area contributed by atoms with E-state index in [0.29, 0.717) is 11.6 Å². The summed E-state index contributed by atoms with van der Waals surface area (Å²) in [5.41, 5.74) is 4.14. The fourth-order valence-electron chi connectivity index (χ4n) is 3.45. The number of benzene rings is 1. The molecule has 0 aliphatic heterocycles. The van der Waals surface area contributed by atoms with Crippen LogP contribution < -0.4 is 5.32 Å². The van der Waals surface area contributed by atoms with E-state index in [-0.39, 0.29) is 18.3 Å². The van der Waals surface area contributed by atoms with Gasteiger partial charge in [-0.15, -0.1) is 0 Å². The maximum Gasteiger partial charge on any atom is 0.247 e. The maximum absolute atomic E-state index is 13.3. The number of halogens is 1. The Bertz CT molecular complexity index is 1190. The maximum atomic E-state index is 13.3. The van der Waals surface area contributed by atoms with Crippen molar-refractivity contribution in [1.82, 2.24) is 24.5 Å². The molecule has 0 fully saturated rings. The largest absolute Gasteiger partial charge is 0.309 e. The van der Waals surface area contributed by atoms with Crippen LogP contribution in [-0.2, 0) is 11.3 Å². The Morgan fingerprint density at radius 1 is 1.07 bits per heavy atom. The van der Waals surface area contributed by atoms with Crippen LogP contribution in [0.3, 0.4) is 0 Å². The molecule has 30 heavy (non-hydrogen) atoms. The van der Waals surface area contributed by atoms with Gasteiger partial charge in [-0.05, 0) is 50.6 Å². The van der Waals surface area contributed by atoms with Gasteiger partial charge in [0.15, 0.2) is 5.82 Å². The molecular weight excluding hydrogens is 383 g/mol. The molecule has 152 valence electrons. The average molecular weight is 404 g/mol. The summed E-state index contributed by atoms with van der Waals surface area (Å²) in [5.74, 6) is 0.631. The molecule has 0 saturated heterocycles. The number of hydrogen-bond acceptors (Lipinski definition) is 4. The zero-order chi connectivity index (χ0) is 21.3. The smallest absolute Gasteiger partial charge is 0.247 e. The Morgan fingerprint density at radius 2 is 1.83 bits per heavy atom. The number of rotatable bonds is 5. The SMILES string of the molecule is Cc1cc(NC(=O)Cn2nc(C)c(-c3ccc(F)cc3)c2C)n(-c2ccccn2)n1. The molecule has 3 heterocycles. The van der Waals surface area contributed by atoms with Crippen molar-refractivity contribution in [3.05, 3.63) is 77.6 Å². The number of aromatic nitrogens is 5. The molecule has 1 amide bonds. The predicted molar refractivity (Wildman–Crippen MR) is 112 cm³/mol. The minimum atomic E-state index is -0.291. The van der Waals surface area contributed by atoms with Crippen LogP contribution in [0.5, 0.6) is 0 Å². The molecule has 0 spiro atoms. The quantitative estimate of drug-likeness (QED) is 0.548. The van der Waals surface area contributed by atoms with E-state index in [9.17, 15) is 9.18 Å². The molecule has 0 radical (unpaired) electrons. The average Bonchev–Trinajstić information content (AvgIpc) is 3.22. The Hall–Kier alpha value is -3.81. The van der Waals surface area contributed by atoms with Gasteiger partial charge in [0.25, 0.3) is 0 Å². The molecule has 0 atom stereocenters. The molecule has 0 unspecified atom stereocenters. The highest BCUT2D eigenvalue weighted by Crippen LogP contribution is 2.27. The summed E-state index contributed by atoms with van der Waals surface area (Å²) in [6.07, 6.45) is 1.67. The molecular formula is C22H21FN6O. The second-order valence-corrected chi connectivity index (χ2v) is 7.03. The number of pyridine rings is 1. The highest BCUT2D eigenvalue weighted by atomic mass is 19.1. The van der Waals surface area contributed by atoms with E-state index in [2.05, 4.69) is 20.5 Å². The summed E-state index contributed by atoms with van der Waals surface area (Å²) in [6, 6.07) is 13.5. The highest BCUT2D eigenvalue weighted by Gasteiger charge is 2.17. The second-order valence-electron chi connectivity index (χ2n) is 7.03. The standard InChI is InChI=1S/C22H21FN6O/c1-14-12-20(29(26-14)19-6-4-5-11-24-19)25-21(30)13-28-16(3)22(15(2)27-28)17-7-9-18(23)10-8-17/h4-12H,13H2,1-3H3,(H,25,30). The van der Waals surface area contributed by atoms with Gasteiger partial charge in [0.05, 0.1) is 11.4 Å². The normalized spacial score (nSPS) is 10.9. The molecule has 8 heteroatoms. The number of carbonyl (C=O) groups excluding carboxylic acids is 1. The van der Waals surface area contributed by atoms with Gasteiger partial charge in [-0.1, -0.05) is 18.2 Å². The van der Waals surface area contributed by atoms with Gasteiger partial charge in [-0.25, -0.2) is 9.37 Å². The van der Waals surface area contributed by atoms with E-state index < -0.39 is 0 Å². The van der Waals surface area contributed by atoms with Crippen LogP contribution in [0.25, 0.3) is 16.9 Å². The van der Waals surface area contributed by atoms with E-state index in [1.54, 1.807) is 33.8 Å². The van der Waals surface area contributed by atoms with Gasteiger partial charge in [-0.2, -0.15) is 14.9 Å². The topological polar surface area (TPSA) is 77.6 Å². The van der Waals surface area contributed by atoms with Gasteiger partial charge < -0.3 is 5.32 Å². The molecule has 0 aliphatic carbocycles. The van der Waals surface area contributed by atoms with Crippen molar-refractivity contribution < 1.29 is 9.18 Å². The van der Waals surface area contributed by atoms with Crippen molar-refractivity contribution in [2.75, 3.05) is 5.32 Å². The van der Waals surface area contributed by atoms with Crippen molar-refractivity contribution in [3.63, 3.8) is 0 Å². The first kappa shape index (κ1) is 19.5. The minimum absolute atomic E-state index is 0.0420. The molecule has 0 saturated carbocycles. The van der Waals surface area contributed by atoms with Gasteiger partial charge in [0.1, 0.15) is 18.2 Å². The van der Waals surface area contributed by atoms with E-state index in [4.69, 9.17) is 0 Å². The summed E-state index contributed by atoms with van der Waals surface area (Å²) >= 11 is 0. The number of anilines is 1. The fraction of sp³-hybridized carbons (Fsp3) is 0.182. The lowest BCUT2D eigenvalue weighted by atomic mass is 10.0. The van der Waals surface area contributed by atoms with Crippen LogP contribution in [-0.4, -0.2) is 30.5 Å². The van der Waals surface area contributed by atoms with Crippen LogP contribution in [0.15, 0.2) is 54.7 Å². The van der Waals surface area contributed by atoms with Gasteiger partial charge >= 0.3 is 0 Å². The van der Waals surface area contributed by atoms with Crippen molar-refractivity contribution >= 4 is 11.7 Å². The third kappa shape index (κ3) is 3.84. The van der Waals surface area contributed by atoms with Crippen LogP contribution in [0, 0.1) is 26.6 Å². The number of hydrogen-bond donors (Lipinski definition) is 1. The third-order valence-electron chi connectivity index (χ3n) is 4.77. The zero-order valence-corrected chi connectivity index (χ0v) is 16.9. The molecule has 1 aromatic carbocycles. The number of aryl methyl sites for hydroxylation is 2. The first-order chi connectivity index (χ1) is 14.4. The lowest BCUT2D eigenvalue weighted by Crippen LogP contribution is -2.22. The lowest BCUT2D eigenvalue weighted by molar-refractivity contribution is -0.117. The highest BCUT2D eigenvalue weighted by molar-refractivity contribution is 5.90. The summed E-state index contributed by atoms with van der Waals surface area (Å²) in [4.78, 5) is 17.0. The molecule has 4 rings (SSSR count). The Morgan fingerprint density at radius 3 is 2.53 bits per heavy atom. The van der Waals surface area contributed by atoms with Crippen molar-refractivity contribution in [1.29, 1.82) is 0 Å². The lowest BCUT2D eigenvalue weighted by Gasteiger charge is -2.09. The van der Waals surface area contributed by atoms with Crippen molar-refractivity contribution in [2.45, 2.75) is 27.3 Å². The summed E-state index contributed by atoms with van der Waals surface area (Å²) in [7, 11) is 0. The predicted octanol–water partition coefficient (Wildman–Crippen LogP) is 3.83. The van der Waals surface area contributed by atoms with Crippen LogP contribution >= 0.6 is 0 Å². The van der Waals surface area contributed by atoms with E-state index in [1.807, 2.05) is 39.0 Å². The first-order valence-electron chi connectivity index (χ1n) is 9.50. The number of carbonyl (C=O) groups is 1. The Balaban J connectivity index is 1.56. The molecule has 0 aliphatic rings. The van der Waals surface area contributed by atoms with Crippen LogP contribution in [0.4, 0.5) is 10.2 Å². The minimum Gasteiger partial charge on any atom is -0.309 e. The Labute approximate surface area is 173 Å². The van der Waals surface area contributed by atoms with E-state index >= 15 is 0 Å². The Kier molecular flexibility index (Phi) is 5.14.